The monoisotopic (exact) mass is 728 g/mol. The number of hydrogen-bond donors (Lipinski definition) is 2. The number of ether oxygens (including phenoxy) is 2. The molecule has 3 aromatic heterocycles. The molecule has 6 rings (SSSR count). The van der Waals surface area contributed by atoms with Crippen LogP contribution >= 0.6 is 46.1 Å². The number of nitrogens with zero attached hydrogens (tertiary/aromatic N) is 5. The Bertz CT molecular complexity index is 1940. The fourth-order valence-corrected chi connectivity index (χ4v) is 7.65. The first kappa shape index (κ1) is 34.3. The summed E-state index contributed by atoms with van der Waals surface area (Å²) < 4.78 is 13.8. The van der Waals surface area contributed by atoms with Crippen molar-refractivity contribution >= 4 is 63.4 Å². The SMILES string of the molecule is COc1ccccc1CC(Nc1ncnn2c(Cl)c(-c3ccc(Cl)s3)c(-c3ccc(OCCN4CCN(C)CC4)c(Cl)c3C)c12)C(=O)O. The Kier molecular flexibility index (Phi) is 10.6. The number of aliphatic carboxylic acids is 1. The molecule has 48 heavy (non-hydrogen) atoms. The number of fused-ring (bicyclic) bond motifs is 1. The van der Waals surface area contributed by atoms with Gasteiger partial charge < -0.3 is 24.8 Å². The summed E-state index contributed by atoms with van der Waals surface area (Å²) >= 11 is 21.8. The lowest BCUT2D eigenvalue weighted by Gasteiger charge is -2.32. The lowest BCUT2D eigenvalue weighted by atomic mass is 9.96. The highest BCUT2D eigenvalue weighted by Crippen LogP contribution is 2.49. The first-order valence-electron chi connectivity index (χ1n) is 15.4. The van der Waals surface area contributed by atoms with Crippen molar-refractivity contribution in [2.75, 3.05) is 58.8 Å². The molecule has 1 fully saturated rings. The van der Waals surface area contributed by atoms with Gasteiger partial charge in [0.1, 0.15) is 41.1 Å². The van der Waals surface area contributed by atoms with Crippen LogP contribution in [0.3, 0.4) is 0 Å². The lowest BCUT2D eigenvalue weighted by Crippen LogP contribution is -2.45. The molecule has 2 aromatic carbocycles. The summed E-state index contributed by atoms with van der Waals surface area (Å²) in [5.41, 5.74) is 4.13. The van der Waals surface area contributed by atoms with Crippen LogP contribution in [0.2, 0.25) is 14.5 Å². The van der Waals surface area contributed by atoms with Gasteiger partial charge in [0.15, 0.2) is 5.82 Å². The van der Waals surface area contributed by atoms with E-state index < -0.39 is 12.0 Å². The predicted octanol–water partition coefficient (Wildman–Crippen LogP) is 7.14. The molecule has 4 heterocycles. The van der Waals surface area contributed by atoms with Crippen molar-refractivity contribution < 1.29 is 19.4 Å². The van der Waals surface area contributed by atoms with Crippen molar-refractivity contribution in [2.24, 2.45) is 0 Å². The van der Waals surface area contributed by atoms with E-state index >= 15 is 0 Å². The first-order chi connectivity index (χ1) is 23.2. The highest BCUT2D eigenvalue weighted by Gasteiger charge is 2.29. The number of carboxylic acids is 1. The van der Waals surface area contributed by atoms with E-state index in [-0.39, 0.29) is 6.42 Å². The van der Waals surface area contributed by atoms with Crippen LogP contribution in [0.15, 0.2) is 54.9 Å². The molecule has 252 valence electrons. The number of nitrogens with one attached hydrogen (secondary N) is 1. The summed E-state index contributed by atoms with van der Waals surface area (Å²) in [5.74, 6) is 0.415. The number of thiophene rings is 1. The second kappa shape index (κ2) is 14.9. The number of halogens is 3. The standard InChI is InChI=1S/C34H35Cl3N6O4S/c1-20-22(8-9-25(30(20)36)47-17-16-42-14-12-41(2)13-15-42)28-29(26-10-11-27(35)48-26)32(37)43-31(28)33(38-19-39-43)40-23(34(44)45)18-21-6-4-5-7-24(21)46-3/h4-11,19,23H,12-18H2,1-3H3,(H,44,45)(H,38,39,40). The fraction of sp³-hybridized carbons (Fsp3) is 0.324. The summed E-state index contributed by atoms with van der Waals surface area (Å²) in [5, 5.41) is 18.7. The van der Waals surface area contributed by atoms with Crippen molar-refractivity contribution in [3.63, 3.8) is 0 Å². The lowest BCUT2D eigenvalue weighted by molar-refractivity contribution is -0.137. The van der Waals surface area contributed by atoms with Gasteiger partial charge in [-0.15, -0.1) is 11.3 Å². The van der Waals surface area contributed by atoms with Crippen LogP contribution in [-0.4, -0.2) is 95.0 Å². The number of likely N-dealkylation sites (N-methyl/N-ethyl adjacent to an activating group) is 1. The molecule has 10 nitrogen and oxygen atoms in total. The van der Waals surface area contributed by atoms with Crippen molar-refractivity contribution in [3.05, 3.63) is 80.5 Å². The number of aromatic nitrogens is 3. The molecular formula is C34H35Cl3N6O4S. The number of para-hydroxylation sites is 1. The smallest absolute Gasteiger partial charge is 0.326 e. The zero-order chi connectivity index (χ0) is 33.9. The van der Waals surface area contributed by atoms with E-state index in [2.05, 4.69) is 32.2 Å². The third kappa shape index (κ3) is 7.08. The summed E-state index contributed by atoms with van der Waals surface area (Å²) in [6, 6.07) is 13.8. The summed E-state index contributed by atoms with van der Waals surface area (Å²) in [4.78, 5) is 22.6. The van der Waals surface area contributed by atoms with Gasteiger partial charge in [0.05, 0.1) is 16.5 Å². The van der Waals surface area contributed by atoms with Gasteiger partial charge in [0.2, 0.25) is 0 Å². The van der Waals surface area contributed by atoms with Crippen LogP contribution in [0.5, 0.6) is 11.5 Å². The normalized spacial score (nSPS) is 14.7. The first-order valence-corrected chi connectivity index (χ1v) is 17.4. The number of carbonyl (C=O) groups is 1. The number of anilines is 1. The summed E-state index contributed by atoms with van der Waals surface area (Å²) in [7, 11) is 3.69. The maximum atomic E-state index is 12.6. The van der Waals surface area contributed by atoms with Gasteiger partial charge in [-0.2, -0.15) is 5.10 Å². The number of rotatable bonds is 12. The molecule has 0 saturated carbocycles. The number of carboxylic acid groups (broad SMARTS) is 1. The van der Waals surface area contributed by atoms with Gasteiger partial charge >= 0.3 is 5.97 Å². The van der Waals surface area contributed by atoms with Crippen LogP contribution in [0.4, 0.5) is 5.82 Å². The maximum absolute atomic E-state index is 12.6. The molecule has 14 heteroatoms. The van der Waals surface area contributed by atoms with E-state index in [0.29, 0.717) is 55.1 Å². The minimum atomic E-state index is -1.06. The van der Waals surface area contributed by atoms with Gasteiger partial charge in [-0.3, -0.25) is 4.90 Å². The average Bonchev–Trinajstić information content (AvgIpc) is 3.64. The van der Waals surface area contributed by atoms with Gasteiger partial charge in [-0.1, -0.05) is 59.1 Å². The molecule has 1 saturated heterocycles. The minimum Gasteiger partial charge on any atom is -0.496 e. The van der Waals surface area contributed by atoms with Crippen molar-refractivity contribution in [1.29, 1.82) is 0 Å². The molecule has 1 unspecified atom stereocenters. The molecule has 0 radical (unpaired) electrons. The molecule has 1 atom stereocenters. The predicted molar refractivity (Wildman–Crippen MR) is 193 cm³/mol. The Labute approximate surface area is 297 Å². The highest BCUT2D eigenvalue weighted by molar-refractivity contribution is 7.19. The fourth-order valence-electron chi connectivity index (χ4n) is 5.95. The maximum Gasteiger partial charge on any atom is 0.326 e. The van der Waals surface area contributed by atoms with Crippen LogP contribution in [0.1, 0.15) is 11.1 Å². The van der Waals surface area contributed by atoms with E-state index in [1.807, 2.05) is 43.3 Å². The number of hydrogen-bond acceptors (Lipinski definition) is 9. The zero-order valence-electron chi connectivity index (χ0n) is 26.7. The Balaban J connectivity index is 1.41. The van der Waals surface area contributed by atoms with Crippen molar-refractivity contribution in [2.45, 2.75) is 19.4 Å². The van der Waals surface area contributed by atoms with Crippen LogP contribution in [-0.2, 0) is 11.2 Å². The molecule has 1 aliphatic heterocycles. The number of benzene rings is 2. The van der Waals surface area contributed by atoms with Gasteiger partial charge in [0.25, 0.3) is 0 Å². The zero-order valence-corrected chi connectivity index (χ0v) is 29.8. The van der Waals surface area contributed by atoms with Crippen molar-refractivity contribution in [3.8, 4) is 33.1 Å². The number of piperazine rings is 1. The molecule has 0 aliphatic carbocycles. The molecule has 0 amide bonds. The third-order valence-corrected chi connectivity index (χ3v) is 10.7. The second-order valence-corrected chi connectivity index (χ2v) is 14.1. The highest BCUT2D eigenvalue weighted by atomic mass is 35.5. The average molecular weight is 730 g/mol. The van der Waals surface area contributed by atoms with E-state index in [1.165, 1.54) is 17.7 Å². The molecule has 2 N–H and O–H groups in total. The molecule has 0 bridgehead atoms. The second-order valence-electron chi connectivity index (χ2n) is 11.6. The molecule has 0 spiro atoms. The summed E-state index contributed by atoms with van der Waals surface area (Å²) in [6.45, 7) is 7.32. The largest absolute Gasteiger partial charge is 0.496 e. The van der Waals surface area contributed by atoms with E-state index in [1.54, 1.807) is 23.8 Å². The van der Waals surface area contributed by atoms with Crippen LogP contribution < -0.4 is 14.8 Å². The molecule has 1 aliphatic rings. The van der Waals surface area contributed by atoms with E-state index in [9.17, 15) is 9.90 Å². The van der Waals surface area contributed by atoms with Gasteiger partial charge in [-0.05, 0) is 54.9 Å². The number of methoxy groups -OCH3 is 1. The Hall–Kier alpha value is -3.58. The Morgan fingerprint density at radius 3 is 2.52 bits per heavy atom. The topological polar surface area (TPSA) is 104 Å². The minimum absolute atomic E-state index is 0.137. The summed E-state index contributed by atoms with van der Waals surface area (Å²) in [6.07, 6.45) is 1.48. The van der Waals surface area contributed by atoms with Crippen LogP contribution in [0.25, 0.3) is 27.1 Å². The van der Waals surface area contributed by atoms with Crippen LogP contribution in [0, 0.1) is 6.92 Å². The quantitative estimate of drug-likeness (QED) is 0.139. The van der Waals surface area contributed by atoms with Gasteiger partial charge in [-0.25, -0.2) is 14.3 Å². The Morgan fingerprint density at radius 2 is 1.81 bits per heavy atom. The van der Waals surface area contributed by atoms with E-state index in [0.717, 1.165) is 54.3 Å². The molecular weight excluding hydrogens is 695 g/mol. The van der Waals surface area contributed by atoms with Crippen molar-refractivity contribution in [1.82, 2.24) is 24.4 Å². The van der Waals surface area contributed by atoms with Gasteiger partial charge in [0, 0.05) is 55.1 Å². The molecule has 5 aromatic rings. The third-order valence-electron chi connectivity index (χ3n) is 8.60. The Morgan fingerprint density at radius 1 is 1.04 bits per heavy atom. The van der Waals surface area contributed by atoms with E-state index in [4.69, 9.17) is 44.3 Å².